The van der Waals surface area contributed by atoms with Crippen LogP contribution in [0.1, 0.15) is 18.9 Å². The summed E-state index contributed by atoms with van der Waals surface area (Å²) in [6.45, 7) is 1.28. The van der Waals surface area contributed by atoms with E-state index in [4.69, 9.17) is 4.74 Å². The number of alkyl halides is 3. The van der Waals surface area contributed by atoms with Crippen molar-refractivity contribution in [1.29, 1.82) is 0 Å². The van der Waals surface area contributed by atoms with E-state index in [1.54, 1.807) is 12.1 Å². The number of hydrogen-bond donors (Lipinski definition) is 1. The summed E-state index contributed by atoms with van der Waals surface area (Å²) < 4.78 is 45.4. The molecule has 1 N–H and O–H groups in total. The van der Waals surface area contributed by atoms with Crippen molar-refractivity contribution in [3.8, 4) is 11.5 Å². The molecule has 27 heavy (non-hydrogen) atoms. The summed E-state index contributed by atoms with van der Waals surface area (Å²) in [6, 6.07) is 11.8. The molecule has 2 aromatic carbocycles. The maximum absolute atomic E-state index is 12.1. The summed E-state index contributed by atoms with van der Waals surface area (Å²) in [5.41, 5.74) is 1.31. The first-order valence-corrected chi connectivity index (χ1v) is 8.08. The quantitative estimate of drug-likeness (QED) is 0.747. The second-order valence-corrected chi connectivity index (χ2v) is 5.75. The van der Waals surface area contributed by atoms with Crippen molar-refractivity contribution in [3.05, 3.63) is 54.1 Å². The molecule has 0 aliphatic heterocycles. The molecule has 1 amide bonds. The molecular formula is C19H18F3NO4. The molecule has 0 bridgehead atoms. The van der Waals surface area contributed by atoms with E-state index in [0.717, 1.165) is 17.7 Å². The number of ether oxygens (including phenoxy) is 2. The molecule has 8 heteroatoms. The second-order valence-electron chi connectivity index (χ2n) is 5.75. The summed E-state index contributed by atoms with van der Waals surface area (Å²) in [5, 5.41) is 2.51. The standard InChI is InChI=1S/C19H18F3NO4/c1-13(24)2-3-14-4-8-16(9-5-14)26-12-18(25)23-15-6-10-17(11-7-15)27-19(20,21)22/h4-11H,2-3,12H2,1H3,(H,23,25). The highest BCUT2D eigenvalue weighted by atomic mass is 19.4. The number of benzene rings is 2. The Morgan fingerprint density at radius 3 is 2.11 bits per heavy atom. The largest absolute Gasteiger partial charge is 0.573 e. The Kier molecular flexibility index (Phi) is 6.81. The van der Waals surface area contributed by atoms with Gasteiger partial charge >= 0.3 is 6.36 Å². The van der Waals surface area contributed by atoms with Gasteiger partial charge in [-0.3, -0.25) is 4.79 Å². The molecule has 0 aliphatic carbocycles. The summed E-state index contributed by atoms with van der Waals surface area (Å²) in [4.78, 5) is 22.8. The molecule has 2 rings (SSSR count). The molecule has 0 spiro atoms. The molecule has 0 atom stereocenters. The Hall–Kier alpha value is -3.03. The summed E-state index contributed by atoms with van der Waals surface area (Å²) >= 11 is 0. The van der Waals surface area contributed by atoms with Gasteiger partial charge in [0.15, 0.2) is 6.61 Å². The van der Waals surface area contributed by atoms with E-state index in [1.807, 2.05) is 12.1 Å². The van der Waals surface area contributed by atoms with Gasteiger partial charge in [0, 0.05) is 12.1 Å². The molecule has 0 aromatic heterocycles. The van der Waals surface area contributed by atoms with Crippen LogP contribution in [0.5, 0.6) is 11.5 Å². The molecule has 0 heterocycles. The number of hydrogen-bond acceptors (Lipinski definition) is 4. The van der Waals surface area contributed by atoms with E-state index in [-0.39, 0.29) is 18.1 Å². The maximum Gasteiger partial charge on any atom is 0.573 e. The minimum atomic E-state index is -4.76. The smallest absolute Gasteiger partial charge is 0.484 e. The van der Waals surface area contributed by atoms with E-state index >= 15 is 0 Å². The van der Waals surface area contributed by atoms with E-state index in [9.17, 15) is 22.8 Å². The molecule has 0 saturated carbocycles. The first-order valence-electron chi connectivity index (χ1n) is 8.08. The van der Waals surface area contributed by atoms with Crippen LogP contribution in [0, 0.1) is 0 Å². The highest BCUT2D eigenvalue weighted by molar-refractivity contribution is 5.91. The predicted octanol–water partition coefficient (Wildman–Crippen LogP) is 4.12. The van der Waals surface area contributed by atoms with Crippen LogP contribution >= 0.6 is 0 Å². The van der Waals surface area contributed by atoms with Gasteiger partial charge in [0.05, 0.1) is 0 Å². The molecule has 0 aliphatic rings. The Morgan fingerprint density at radius 1 is 0.963 bits per heavy atom. The van der Waals surface area contributed by atoms with Crippen molar-refractivity contribution >= 4 is 17.4 Å². The van der Waals surface area contributed by atoms with Crippen LogP contribution < -0.4 is 14.8 Å². The Bertz CT molecular complexity index is 771. The molecule has 0 fully saturated rings. The van der Waals surface area contributed by atoms with Crippen molar-refractivity contribution in [1.82, 2.24) is 0 Å². The van der Waals surface area contributed by atoms with E-state index in [1.165, 1.54) is 19.1 Å². The number of carbonyl (C=O) groups excluding carboxylic acids is 2. The molecule has 144 valence electrons. The lowest BCUT2D eigenvalue weighted by Gasteiger charge is -2.10. The van der Waals surface area contributed by atoms with Crippen LogP contribution in [0.15, 0.2) is 48.5 Å². The number of halogens is 3. The van der Waals surface area contributed by atoms with Crippen molar-refractivity contribution in [3.63, 3.8) is 0 Å². The van der Waals surface area contributed by atoms with Crippen molar-refractivity contribution in [2.24, 2.45) is 0 Å². The molecular weight excluding hydrogens is 363 g/mol. The second kappa shape index (κ2) is 9.07. The fourth-order valence-corrected chi connectivity index (χ4v) is 2.16. The summed E-state index contributed by atoms with van der Waals surface area (Å²) in [7, 11) is 0. The van der Waals surface area contributed by atoms with Gasteiger partial charge in [0.2, 0.25) is 0 Å². The number of aryl methyl sites for hydroxylation is 1. The van der Waals surface area contributed by atoms with Crippen LogP contribution in [0.2, 0.25) is 0 Å². The average Bonchev–Trinajstić information content (AvgIpc) is 2.59. The normalized spacial score (nSPS) is 11.0. The zero-order valence-electron chi connectivity index (χ0n) is 14.5. The highest BCUT2D eigenvalue weighted by Gasteiger charge is 2.30. The van der Waals surface area contributed by atoms with E-state index in [2.05, 4.69) is 10.1 Å². The first kappa shape index (κ1) is 20.3. The van der Waals surface area contributed by atoms with Crippen molar-refractivity contribution in [2.45, 2.75) is 26.1 Å². The fourth-order valence-electron chi connectivity index (χ4n) is 2.16. The number of amides is 1. The topological polar surface area (TPSA) is 64.6 Å². The van der Waals surface area contributed by atoms with E-state index < -0.39 is 12.3 Å². The zero-order chi connectivity index (χ0) is 19.9. The SMILES string of the molecule is CC(=O)CCc1ccc(OCC(=O)Nc2ccc(OC(F)(F)F)cc2)cc1. The van der Waals surface area contributed by atoms with Crippen LogP contribution in [0.3, 0.4) is 0 Å². The summed E-state index contributed by atoms with van der Waals surface area (Å²) in [6.07, 6.45) is -3.65. The summed E-state index contributed by atoms with van der Waals surface area (Å²) in [5.74, 6) is -0.225. The lowest BCUT2D eigenvalue weighted by atomic mass is 10.1. The van der Waals surface area contributed by atoms with Crippen LogP contribution in [-0.4, -0.2) is 24.7 Å². The monoisotopic (exact) mass is 381 g/mol. The van der Waals surface area contributed by atoms with Gasteiger partial charge in [-0.25, -0.2) is 0 Å². The predicted molar refractivity (Wildman–Crippen MR) is 92.7 cm³/mol. The lowest BCUT2D eigenvalue weighted by Crippen LogP contribution is -2.20. The fraction of sp³-hybridized carbons (Fsp3) is 0.263. The van der Waals surface area contributed by atoms with Gasteiger partial charge in [-0.15, -0.1) is 13.2 Å². The van der Waals surface area contributed by atoms with Crippen LogP contribution in [0.25, 0.3) is 0 Å². The molecule has 2 aromatic rings. The van der Waals surface area contributed by atoms with Gasteiger partial charge in [0.1, 0.15) is 17.3 Å². The minimum Gasteiger partial charge on any atom is -0.484 e. The molecule has 0 unspecified atom stereocenters. The van der Waals surface area contributed by atoms with Gasteiger partial charge in [0.25, 0.3) is 5.91 Å². The third kappa shape index (κ3) is 7.81. The van der Waals surface area contributed by atoms with Gasteiger partial charge in [-0.2, -0.15) is 0 Å². The van der Waals surface area contributed by atoms with Gasteiger partial charge < -0.3 is 19.6 Å². The van der Waals surface area contributed by atoms with E-state index in [0.29, 0.717) is 24.3 Å². The molecule has 5 nitrogen and oxygen atoms in total. The minimum absolute atomic E-state index is 0.116. The number of nitrogens with one attached hydrogen (secondary N) is 1. The highest BCUT2D eigenvalue weighted by Crippen LogP contribution is 2.24. The Morgan fingerprint density at radius 2 is 1.56 bits per heavy atom. The maximum atomic E-state index is 12.1. The lowest BCUT2D eigenvalue weighted by molar-refractivity contribution is -0.274. The molecule has 0 radical (unpaired) electrons. The molecule has 0 saturated heterocycles. The number of Topliss-reactive ketones (excluding diaryl/α,β-unsaturated/α-hetero) is 1. The Labute approximate surface area is 154 Å². The number of anilines is 1. The zero-order valence-corrected chi connectivity index (χ0v) is 14.5. The number of rotatable bonds is 8. The Balaban J connectivity index is 1.79. The van der Waals surface area contributed by atoms with Gasteiger partial charge in [-0.1, -0.05) is 12.1 Å². The number of carbonyl (C=O) groups is 2. The van der Waals surface area contributed by atoms with Crippen molar-refractivity contribution in [2.75, 3.05) is 11.9 Å². The van der Waals surface area contributed by atoms with Crippen LogP contribution in [-0.2, 0) is 16.0 Å². The third-order valence-corrected chi connectivity index (χ3v) is 3.43. The third-order valence-electron chi connectivity index (χ3n) is 3.43. The first-order chi connectivity index (χ1) is 12.7. The number of ketones is 1. The van der Waals surface area contributed by atoms with Crippen LogP contribution in [0.4, 0.5) is 18.9 Å². The van der Waals surface area contributed by atoms with Crippen molar-refractivity contribution < 1.29 is 32.2 Å². The average molecular weight is 381 g/mol. The van der Waals surface area contributed by atoms with Gasteiger partial charge in [-0.05, 0) is 55.3 Å².